The maximum atomic E-state index is 11.8. The Morgan fingerprint density at radius 2 is 2.38 bits per heavy atom. The summed E-state index contributed by atoms with van der Waals surface area (Å²) in [7, 11) is 0. The Morgan fingerprint density at radius 1 is 1.56 bits per heavy atom. The molecule has 0 unspecified atom stereocenters. The van der Waals surface area contributed by atoms with E-state index in [1.54, 1.807) is 17.5 Å². The number of ketones is 1. The van der Waals surface area contributed by atoms with E-state index in [1.807, 2.05) is 31.4 Å². The Morgan fingerprint density at radius 3 is 3.12 bits per heavy atom. The van der Waals surface area contributed by atoms with Gasteiger partial charge in [-0.3, -0.25) is 9.78 Å². The van der Waals surface area contributed by atoms with Crippen LogP contribution in [0, 0.1) is 0 Å². The lowest BCUT2D eigenvalue weighted by atomic mass is 10.2. The number of Topliss-reactive ketones (excluding diaryl/α,β-unsaturated/α-hetero) is 1. The molecule has 0 saturated carbocycles. The minimum Gasteiger partial charge on any atom is -0.371 e. The molecule has 0 aliphatic heterocycles. The summed E-state index contributed by atoms with van der Waals surface area (Å²) in [5.74, 6) is -0.0171. The molecule has 4 heteroatoms. The summed E-state index contributed by atoms with van der Waals surface area (Å²) in [5, 5.41) is 1.97. The van der Waals surface area contributed by atoms with Gasteiger partial charge >= 0.3 is 0 Å². The largest absolute Gasteiger partial charge is 0.371 e. The van der Waals surface area contributed by atoms with Gasteiger partial charge in [0, 0.05) is 11.8 Å². The molecule has 0 atom stereocenters. The predicted octanol–water partition coefficient (Wildman–Crippen LogP) is 2.90. The normalized spacial score (nSPS) is 11.2. The van der Waals surface area contributed by atoms with E-state index in [0.29, 0.717) is 5.56 Å². The van der Waals surface area contributed by atoms with Gasteiger partial charge in [0.05, 0.1) is 16.3 Å². The van der Waals surface area contributed by atoms with E-state index in [-0.39, 0.29) is 18.5 Å². The summed E-state index contributed by atoms with van der Waals surface area (Å²) in [6, 6.07) is 3.82. The maximum Gasteiger partial charge on any atom is 0.190 e. The molecule has 2 aromatic rings. The van der Waals surface area contributed by atoms with Crippen molar-refractivity contribution in [3.63, 3.8) is 0 Å². The van der Waals surface area contributed by atoms with E-state index in [9.17, 15) is 4.79 Å². The van der Waals surface area contributed by atoms with Gasteiger partial charge < -0.3 is 4.74 Å². The third kappa shape index (κ3) is 2.46. The van der Waals surface area contributed by atoms with Crippen LogP contribution in [0.4, 0.5) is 0 Å². The van der Waals surface area contributed by atoms with Gasteiger partial charge in [0.15, 0.2) is 5.78 Å². The van der Waals surface area contributed by atoms with Crippen LogP contribution in [0.25, 0.3) is 10.2 Å². The molecule has 0 saturated heterocycles. The lowest BCUT2D eigenvalue weighted by Gasteiger charge is -2.06. The number of nitrogens with zero attached hydrogens (tertiary/aromatic N) is 1. The van der Waals surface area contributed by atoms with E-state index in [4.69, 9.17) is 4.74 Å². The lowest BCUT2D eigenvalue weighted by molar-refractivity contribution is 0.0584. The first-order valence-electron chi connectivity index (χ1n) is 5.15. The third-order valence-electron chi connectivity index (χ3n) is 2.17. The summed E-state index contributed by atoms with van der Waals surface area (Å²) in [5.41, 5.74) is 1.56. The van der Waals surface area contributed by atoms with Crippen LogP contribution in [0.2, 0.25) is 0 Å². The number of hydrogen-bond acceptors (Lipinski definition) is 4. The monoisotopic (exact) mass is 235 g/mol. The number of thiophene rings is 1. The molecular weight excluding hydrogens is 222 g/mol. The molecule has 0 aromatic carbocycles. The van der Waals surface area contributed by atoms with Crippen LogP contribution in [0.1, 0.15) is 24.2 Å². The highest BCUT2D eigenvalue weighted by molar-refractivity contribution is 7.17. The summed E-state index contributed by atoms with van der Waals surface area (Å²) >= 11 is 1.59. The fourth-order valence-corrected chi connectivity index (χ4v) is 2.10. The zero-order valence-corrected chi connectivity index (χ0v) is 10.1. The van der Waals surface area contributed by atoms with Crippen molar-refractivity contribution in [3.8, 4) is 0 Å². The van der Waals surface area contributed by atoms with Crippen LogP contribution in [0.3, 0.4) is 0 Å². The van der Waals surface area contributed by atoms with Crippen LogP contribution in [0.5, 0.6) is 0 Å². The van der Waals surface area contributed by atoms with Crippen molar-refractivity contribution in [3.05, 3.63) is 29.3 Å². The summed E-state index contributed by atoms with van der Waals surface area (Å²) in [6.45, 7) is 3.94. The average Bonchev–Trinajstić information content (AvgIpc) is 2.72. The quantitative estimate of drug-likeness (QED) is 0.765. The molecule has 0 aliphatic carbocycles. The second kappa shape index (κ2) is 4.72. The molecule has 0 aliphatic rings. The zero-order valence-electron chi connectivity index (χ0n) is 9.27. The molecular formula is C12H13NO2S. The van der Waals surface area contributed by atoms with Gasteiger partial charge in [-0.25, -0.2) is 0 Å². The van der Waals surface area contributed by atoms with Gasteiger partial charge in [-0.15, -0.1) is 11.3 Å². The highest BCUT2D eigenvalue weighted by atomic mass is 32.1. The van der Waals surface area contributed by atoms with Gasteiger partial charge in [0.2, 0.25) is 0 Å². The maximum absolute atomic E-state index is 11.8. The highest BCUT2D eigenvalue weighted by Gasteiger charge is 2.09. The van der Waals surface area contributed by atoms with Crippen molar-refractivity contribution in [1.82, 2.24) is 4.98 Å². The second-order valence-corrected chi connectivity index (χ2v) is 4.76. The van der Waals surface area contributed by atoms with E-state index < -0.39 is 0 Å². The standard InChI is InChI=1S/C12H13NO2S/c1-8(2)15-7-11(14)9-5-12-10(13-6-9)3-4-16-12/h3-6,8H,7H2,1-2H3. The number of fused-ring (bicyclic) bond motifs is 1. The van der Waals surface area contributed by atoms with Crippen molar-refractivity contribution >= 4 is 27.3 Å². The zero-order chi connectivity index (χ0) is 11.5. The molecule has 16 heavy (non-hydrogen) atoms. The molecule has 0 N–H and O–H groups in total. The van der Waals surface area contributed by atoms with Crippen LogP contribution >= 0.6 is 11.3 Å². The van der Waals surface area contributed by atoms with E-state index in [2.05, 4.69) is 4.98 Å². The summed E-state index contributed by atoms with van der Waals surface area (Å²) in [4.78, 5) is 16.0. The van der Waals surface area contributed by atoms with E-state index >= 15 is 0 Å². The van der Waals surface area contributed by atoms with Gasteiger partial charge in [-0.05, 0) is 31.4 Å². The van der Waals surface area contributed by atoms with Gasteiger partial charge in [0.25, 0.3) is 0 Å². The van der Waals surface area contributed by atoms with Crippen LogP contribution < -0.4 is 0 Å². The third-order valence-corrected chi connectivity index (χ3v) is 3.03. The molecule has 2 rings (SSSR count). The number of ether oxygens (including phenoxy) is 1. The predicted molar refractivity (Wildman–Crippen MR) is 65.0 cm³/mol. The summed E-state index contributed by atoms with van der Waals surface area (Å²) in [6.07, 6.45) is 1.68. The fourth-order valence-electron chi connectivity index (χ4n) is 1.32. The minimum absolute atomic E-state index is 0.0171. The lowest BCUT2D eigenvalue weighted by Crippen LogP contribution is -2.13. The number of carbonyl (C=O) groups excluding carboxylic acids is 1. The van der Waals surface area contributed by atoms with Gasteiger partial charge in [-0.2, -0.15) is 0 Å². The number of rotatable bonds is 4. The number of aromatic nitrogens is 1. The van der Waals surface area contributed by atoms with Crippen molar-refractivity contribution in [2.24, 2.45) is 0 Å². The first kappa shape index (κ1) is 11.2. The first-order valence-corrected chi connectivity index (χ1v) is 6.03. The SMILES string of the molecule is CC(C)OCC(=O)c1cnc2ccsc2c1. The molecule has 2 aromatic heterocycles. The fraction of sp³-hybridized carbons (Fsp3) is 0.333. The average molecular weight is 235 g/mol. The molecule has 0 amide bonds. The highest BCUT2D eigenvalue weighted by Crippen LogP contribution is 2.19. The van der Waals surface area contributed by atoms with Gasteiger partial charge in [0.1, 0.15) is 6.61 Å². The molecule has 84 valence electrons. The molecule has 3 nitrogen and oxygen atoms in total. The Kier molecular flexibility index (Phi) is 3.31. The number of carbonyl (C=O) groups is 1. The first-order chi connectivity index (χ1) is 7.66. The Hall–Kier alpha value is -1.26. The number of pyridine rings is 1. The van der Waals surface area contributed by atoms with Gasteiger partial charge in [-0.1, -0.05) is 0 Å². The van der Waals surface area contributed by atoms with Crippen molar-refractivity contribution in [2.45, 2.75) is 20.0 Å². The molecule has 0 bridgehead atoms. The molecule has 0 fully saturated rings. The smallest absolute Gasteiger partial charge is 0.190 e. The second-order valence-electron chi connectivity index (χ2n) is 3.81. The van der Waals surface area contributed by atoms with Crippen LogP contribution in [-0.4, -0.2) is 23.5 Å². The van der Waals surface area contributed by atoms with Crippen molar-refractivity contribution in [2.75, 3.05) is 6.61 Å². The van der Waals surface area contributed by atoms with Crippen LogP contribution in [-0.2, 0) is 4.74 Å². The van der Waals surface area contributed by atoms with E-state index in [0.717, 1.165) is 10.2 Å². The van der Waals surface area contributed by atoms with Crippen molar-refractivity contribution in [1.29, 1.82) is 0 Å². The summed E-state index contributed by atoms with van der Waals surface area (Å²) < 4.78 is 6.32. The van der Waals surface area contributed by atoms with E-state index in [1.165, 1.54) is 0 Å². The topological polar surface area (TPSA) is 39.2 Å². The van der Waals surface area contributed by atoms with Crippen molar-refractivity contribution < 1.29 is 9.53 Å². The Balaban J connectivity index is 2.16. The van der Waals surface area contributed by atoms with Crippen LogP contribution in [0.15, 0.2) is 23.7 Å². The molecule has 2 heterocycles. The Labute approximate surface area is 98.1 Å². The number of hydrogen-bond donors (Lipinski definition) is 0. The minimum atomic E-state index is -0.0171. The molecule has 0 spiro atoms. The molecule has 0 radical (unpaired) electrons. The Bertz CT molecular complexity index is 504.